The predicted octanol–water partition coefficient (Wildman–Crippen LogP) is 2.46. The van der Waals surface area contributed by atoms with E-state index in [-0.39, 0.29) is 10.6 Å². The van der Waals surface area contributed by atoms with Gasteiger partial charge in [-0.3, -0.25) is 4.79 Å². The van der Waals surface area contributed by atoms with Crippen molar-refractivity contribution in [2.75, 3.05) is 7.05 Å². The van der Waals surface area contributed by atoms with Gasteiger partial charge in [-0.25, -0.2) is 4.39 Å². The second-order valence-corrected chi connectivity index (χ2v) is 3.73. The maximum atomic E-state index is 13.5. The molecule has 0 aliphatic carbocycles. The molecule has 1 aromatic carbocycles. The van der Waals surface area contributed by atoms with E-state index in [1.54, 1.807) is 6.92 Å². The first-order chi connectivity index (χ1) is 7.49. The van der Waals surface area contributed by atoms with E-state index in [0.29, 0.717) is 0 Å². The van der Waals surface area contributed by atoms with Gasteiger partial charge in [-0.1, -0.05) is 17.7 Å². The Bertz CT molecular complexity index is 456. The summed E-state index contributed by atoms with van der Waals surface area (Å²) in [5.41, 5.74) is -0.128. The lowest BCUT2D eigenvalue weighted by atomic mass is 10.1. The molecule has 1 amide bonds. The molecule has 0 radical (unpaired) electrons. The highest BCUT2D eigenvalue weighted by molar-refractivity contribution is 6.31. The SMILES string of the molecule is CC(C#N)N(C)C(=O)c1cccc(Cl)c1F. The molecule has 1 aromatic rings. The van der Waals surface area contributed by atoms with E-state index in [0.717, 1.165) is 4.90 Å². The Morgan fingerprint density at radius 2 is 2.25 bits per heavy atom. The van der Waals surface area contributed by atoms with E-state index in [9.17, 15) is 9.18 Å². The number of carbonyl (C=O) groups is 1. The van der Waals surface area contributed by atoms with Crippen molar-refractivity contribution < 1.29 is 9.18 Å². The molecule has 0 spiro atoms. The van der Waals surface area contributed by atoms with Crippen LogP contribution >= 0.6 is 11.6 Å². The van der Waals surface area contributed by atoms with Crippen LogP contribution in [0.15, 0.2) is 18.2 Å². The average molecular weight is 241 g/mol. The molecule has 0 aliphatic heterocycles. The fourth-order valence-corrected chi connectivity index (χ4v) is 1.30. The van der Waals surface area contributed by atoms with Crippen molar-refractivity contribution in [1.29, 1.82) is 5.26 Å². The smallest absolute Gasteiger partial charge is 0.257 e. The third-order valence-corrected chi connectivity index (χ3v) is 2.56. The fourth-order valence-electron chi connectivity index (χ4n) is 1.12. The minimum absolute atomic E-state index is 0.108. The second-order valence-electron chi connectivity index (χ2n) is 3.32. The molecule has 0 aromatic heterocycles. The summed E-state index contributed by atoms with van der Waals surface area (Å²) in [6, 6.07) is 5.47. The van der Waals surface area contributed by atoms with Crippen molar-refractivity contribution in [3.05, 3.63) is 34.6 Å². The number of hydrogen-bond donors (Lipinski definition) is 0. The first-order valence-corrected chi connectivity index (χ1v) is 4.97. The second kappa shape index (κ2) is 4.95. The lowest BCUT2D eigenvalue weighted by Crippen LogP contribution is -2.34. The number of amides is 1. The van der Waals surface area contributed by atoms with Gasteiger partial charge in [-0.15, -0.1) is 0 Å². The summed E-state index contributed by atoms with van der Waals surface area (Å²) in [4.78, 5) is 13.0. The zero-order valence-corrected chi connectivity index (χ0v) is 9.62. The monoisotopic (exact) mass is 240 g/mol. The molecule has 16 heavy (non-hydrogen) atoms. The number of rotatable bonds is 2. The fraction of sp³-hybridized carbons (Fsp3) is 0.273. The van der Waals surface area contributed by atoms with E-state index in [1.165, 1.54) is 25.2 Å². The normalized spacial score (nSPS) is 11.7. The van der Waals surface area contributed by atoms with Crippen LogP contribution in [-0.2, 0) is 0 Å². The number of benzene rings is 1. The Morgan fingerprint density at radius 1 is 1.62 bits per heavy atom. The number of nitrogens with zero attached hydrogens (tertiary/aromatic N) is 2. The Hall–Kier alpha value is -1.60. The van der Waals surface area contributed by atoms with Crippen LogP contribution in [0, 0.1) is 17.1 Å². The Balaban J connectivity index is 3.07. The largest absolute Gasteiger partial charge is 0.326 e. The standard InChI is InChI=1S/C11H10ClFN2O/c1-7(6-14)15(2)11(16)8-4-3-5-9(12)10(8)13/h3-5,7H,1-2H3. The highest BCUT2D eigenvalue weighted by Gasteiger charge is 2.21. The summed E-state index contributed by atoms with van der Waals surface area (Å²) in [6.07, 6.45) is 0. The molecule has 0 saturated heterocycles. The summed E-state index contributed by atoms with van der Waals surface area (Å²) in [5.74, 6) is -1.32. The first-order valence-electron chi connectivity index (χ1n) is 4.59. The van der Waals surface area contributed by atoms with E-state index in [1.807, 2.05) is 6.07 Å². The number of carbonyl (C=O) groups excluding carboxylic acids is 1. The van der Waals surface area contributed by atoms with Crippen molar-refractivity contribution in [2.45, 2.75) is 13.0 Å². The van der Waals surface area contributed by atoms with Crippen molar-refractivity contribution in [1.82, 2.24) is 4.90 Å². The minimum Gasteiger partial charge on any atom is -0.326 e. The Labute approximate surface area is 98.0 Å². The molecule has 1 atom stereocenters. The van der Waals surface area contributed by atoms with Gasteiger partial charge in [0.05, 0.1) is 16.7 Å². The topological polar surface area (TPSA) is 44.1 Å². The average Bonchev–Trinajstić information content (AvgIpc) is 2.29. The maximum absolute atomic E-state index is 13.5. The first kappa shape index (κ1) is 12.5. The molecule has 1 unspecified atom stereocenters. The summed E-state index contributed by atoms with van der Waals surface area (Å²) < 4.78 is 13.5. The molecule has 0 fully saturated rings. The third-order valence-electron chi connectivity index (χ3n) is 2.27. The minimum atomic E-state index is -0.758. The van der Waals surface area contributed by atoms with Crippen molar-refractivity contribution in [3.8, 4) is 6.07 Å². The van der Waals surface area contributed by atoms with Crippen LogP contribution < -0.4 is 0 Å². The molecule has 0 heterocycles. The summed E-state index contributed by atoms with van der Waals surface area (Å²) in [7, 11) is 1.44. The summed E-state index contributed by atoms with van der Waals surface area (Å²) in [5, 5.41) is 8.55. The van der Waals surface area contributed by atoms with Crippen LogP contribution in [0.4, 0.5) is 4.39 Å². The van der Waals surface area contributed by atoms with E-state index in [4.69, 9.17) is 16.9 Å². The van der Waals surface area contributed by atoms with Crippen LogP contribution in [0.3, 0.4) is 0 Å². The molecule has 0 N–H and O–H groups in total. The summed E-state index contributed by atoms with van der Waals surface area (Å²) in [6.45, 7) is 1.56. The number of hydrogen-bond acceptors (Lipinski definition) is 2. The molecule has 3 nitrogen and oxygen atoms in total. The van der Waals surface area contributed by atoms with Crippen LogP contribution in [0.5, 0.6) is 0 Å². The molecule has 84 valence electrons. The van der Waals surface area contributed by atoms with Crippen LogP contribution in [0.1, 0.15) is 17.3 Å². The van der Waals surface area contributed by atoms with E-state index < -0.39 is 17.8 Å². The molecule has 0 aliphatic rings. The summed E-state index contributed by atoms with van der Waals surface area (Å²) >= 11 is 5.57. The zero-order chi connectivity index (χ0) is 12.3. The van der Waals surface area contributed by atoms with Gasteiger partial charge in [0.15, 0.2) is 5.82 Å². The Morgan fingerprint density at radius 3 is 2.81 bits per heavy atom. The van der Waals surface area contributed by atoms with Gasteiger partial charge in [-0.2, -0.15) is 5.26 Å². The van der Waals surface area contributed by atoms with Gasteiger partial charge in [-0.05, 0) is 19.1 Å². The zero-order valence-electron chi connectivity index (χ0n) is 8.87. The van der Waals surface area contributed by atoms with Gasteiger partial charge in [0.2, 0.25) is 0 Å². The quantitative estimate of drug-likeness (QED) is 0.797. The van der Waals surface area contributed by atoms with Crippen molar-refractivity contribution in [3.63, 3.8) is 0 Å². The lowest BCUT2D eigenvalue weighted by molar-refractivity contribution is 0.0768. The molecular formula is C11H10ClFN2O. The molecular weight excluding hydrogens is 231 g/mol. The maximum Gasteiger partial charge on any atom is 0.257 e. The van der Waals surface area contributed by atoms with Gasteiger partial charge in [0, 0.05) is 7.05 Å². The van der Waals surface area contributed by atoms with Gasteiger partial charge >= 0.3 is 0 Å². The molecule has 0 saturated carbocycles. The van der Waals surface area contributed by atoms with Gasteiger partial charge in [0.1, 0.15) is 6.04 Å². The van der Waals surface area contributed by atoms with Crippen LogP contribution in [0.25, 0.3) is 0 Å². The van der Waals surface area contributed by atoms with Crippen molar-refractivity contribution in [2.24, 2.45) is 0 Å². The van der Waals surface area contributed by atoms with Crippen LogP contribution in [0.2, 0.25) is 5.02 Å². The van der Waals surface area contributed by atoms with Gasteiger partial charge < -0.3 is 4.90 Å². The lowest BCUT2D eigenvalue weighted by Gasteiger charge is -2.19. The molecule has 1 rings (SSSR count). The van der Waals surface area contributed by atoms with Crippen LogP contribution in [-0.4, -0.2) is 23.9 Å². The third kappa shape index (κ3) is 2.31. The highest BCUT2D eigenvalue weighted by atomic mass is 35.5. The highest BCUT2D eigenvalue weighted by Crippen LogP contribution is 2.19. The molecule has 5 heteroatoms. The number of halogens is 2. The van der Waals surface area contributed by atoms with Gasteiger partial charge in [0.25, 0.3) is 5.91 Å². The Kier molecular flexibility index (Phi) is 3.86. The van der Waals surface area contributed by atoms with E-state index in [2.05, 4.69) is 0 Å². The predicted molar refractivity (Wildman–Crippen MR) is 58.6 cm³/mol. The molecule has 0 bridgehead atoms. The van der Waals surface area contributed by atoms with E-state index >= 15 is 0 Å². The van der Waals surface area contributed by atoms with Crippen molar-refractivity contribution >= 4 is 17.5 Å². The number of nitriles is 1.